The molecule has 0 fully saturated rings. The summed E-state index contributed by atoms with van der Waals surface area (Å²) in [5, 5.41) is 6.44. The predicted octanol–water partition coefficient (Wildman–Crippen LogP) is 2.44. The lowest BCUT2D eigenvalue weighted by Gasteiger charge is -2.19. The summed E-state index contributed by atoms with van der Waals surface area (Å²) in [5.74, 6) is 0.294. The van der Waals surface area contributed by atoms with Gasteiger partial charge in [-0.25, -0.2) is 0 Å². The Bertz CT molecular complexity index is 551. The van der Waals surface area contributed by atoms with Crippen LogP contribution in [0, 0.1) is 6.92 Å². The fraction of sp³-hybridized carbons (Fsp3) is 0.333. The first-order chi connectivity index (χ1) is 9.67. The number of carbonyl (C=O) groups is 1. The van der Waals surface area contributed by atoms with Gasteiger partial charge in [-0.2, -0.15) is 0 Å². The van der Waals surface area contributed by atoms with Crippen LogP contribution in [-0.4, -0.2) is 29.1 Å². The van der Waals surface area contributed by atoms with Crippen molar-refractivity contribution in [2.75, 3.05) is 18.4 Å². The maximum atomic E-state index is 11.9. The van der Waals surface area contributed by atoms with Crippen LogP contribution < -0.4 is 5.32 Å². The molecular weight excluding hydrogens is 254 g/mol. The summed E-state index contributed by atoms with van der Waals surface area (Å²) >= 11 is 0. The number of nitrogens with zero attached hydrogens (tertiary/aromatic N) is 2. The van der Waals surface area contributed by atoms with E-state index in [2.05, 4.69) is 27.5 Å². The van der Waals surface area contributed by atoms with Crippen LogP contribution >= 0.6 is 0 Å². The Morgan fingerprint density at radius 2 is 2.10 bits per heavy atom. The van der Waals surface area contributed by atoms with Gasteiger partial charge in [0.2, 0.25) is 11.8 Å². The number of hydrogen-bond donors (Lipinski definition) is 1. The number of aryl methyl sites for hydroxylation is 1. The first kappa shape index (κ1) is 14.3. The van der Waals surface area contributed by atoms with E-state index in [1.165, 1.54) is 5.56 Å². The highest BCUT2D eigenvalue weighted by molar-refractivity contribution is 5.90. The van der Waals surface area contributed by atoms with Crippen LogP contribution in [0.15, 0.2) is 40.9 Å². The molecule has 1 aromatic heterocycles. The van der Waals surface area contributed by atoms with Gasteiger partial charge in [0.05, 0.1) is 12.2 Å². The third kappa shape index (κ3) is 4.20. The standard InChI is InChI=1S/C15H19N3O2/c1-3-18(10-13-7-5-4-6-8-13)11-14(19)16-15-9-12(2)17-20-15/h4-9H,3,10-11H2,1-2H3,(H,16,19). The Hall–Kier alpha value is -2.14. The van der Waals surface area contributed by atoms with E-state index in [9.17, 15) is 4.79 Å². The van der Waals surface area contributed by atoms with Crippen LogP contribution in [0.2, 0.25) is 0 Å². The van der Waals surface area contributed by atoms with Crippen molar-refractivity contribution in [1.82, 2.24) is 10.1 Å². The van der Waals surface area contributed by atoms with E-state index in [4.69, 9.17) is 4.52 Å². The second-order valence-corrected chi connectivity index (χ2v) is 4.67. The van der Waals surface area contributed by atoms with Crippen LogP contribution in [0.3, 0.4) is 0 Å². The zero-order valence-electron chi connectivity index (χ0n) is 11.8. The number of anilines is 1. The van der Waals surface area contributed by atoms with E-state index in [0.29, 0.717) is 12.4 Å². The molecule has 0 saturated carbocycles. The molecular formula is C15H19N3O2. The van der Waals surface area contributed by atoms with Crippen molar-refractivity contribution < 1.29 is 9.32 Å². The maximum Gasteiger partial charge on any atom is 0.240 e. The molecule has 0 radical (unpaired) electrons. The van der Waals surface area contributed by atoms with Crippen molar-refractivity contribution in [3.8, 4) is 0 Å². The average molecular weight is 273 g/mol. The third-order valence-electron chi connectivity index (χ3n) is 2.95. The predicted molar refractivity (Wildman–Crippen MR) is 77.3 cm³/mol. The molecule has 1 amide bonds. The molecule has 0 spiro atoms. The summed E-state index contributed by atoms with van der Waals surface area (Å²) in [6, 6.07) is 11.8. The minimum absolute atomic E-state index is 0.0982. The van der Waals surface area contributed by atoms with E-state index < -0.39 is 0 Å². The monoisotopic (exact) mass is 273 g/mol. The lowest BCUT2D eigenvalue weighted by molar-refractivity contribution is -0.117. The van der Waals surface area contributed by atoms with Gasteiger partial charge in [-0.1, -0.05) is 42.4 Å². The van der Waals surface area contributed by atoms with Crippen LogP contribution in [0.1, 0.15) is 18.2 Å². The number of carbonyl (C=O) groups excluding carboxylic acids is 1. The van der Waals surface area contributed by atoms with E-state index in [1.807, 2.05) is 32.0 Å². The van der Waals surface area contributed by atoms with Crippen molar-refractivity contribution in [2.45, 2.75) is 20.4 Å². The van der Waals surface area contributed by atoms with Gasteiger partial charge >= 0.3 is 0 Å². The lowest BCUT2D eigenvalue weighted by Crippen LogP contribution is -2.32. The van der Waals surface area contributed by atoms with Crippen LogP contribution in [0.5, 0.6) is 0 Å². The lowest BCUT2D eigenvalue weighted by atomic mass is 10.2. The molecule has 0 aliphatic heterocycles. The normalized spacial score (nSPS) is 10.8. The molecule has 0 unspecified atom stereocenters. The van der Waals surface area contributed by atoms with Crippen LogP contribution in [0.4, 0.5) is 5.88 Å². The number of benzene rings is 1. The van der Waals surface area contributed by atoms with Crippen molar-refractivity contribution in [2.24, 2.45) is 0 Å². The van der Waals surface area contributed by atoms with Crippen molar-refractivity contribution in [3.05, 3.63) is 47.7 Å². The summed E-state index contributed by atoms with van der Waals surface area (Å²) in [6.07, 6.45) is 0. The average Bonchev–Trinajstić information content (AvgIpc) is 2.84. The number of likely N-dealkylation sites (N-methyl/N-ethyl adjacent to an activating group) is 1. The molecule has 5 nitrogen and oxygen atoms in total. The number of nitrogens with one attached hydrogen (secondary N) is 1. The Morgan fingerprint density at radius 1 is 1.35 bits per heavy atom. The number of hydrogen-bond acceptors (Lipinski definition) is 4. The smallest absolute Gasteiger partial charge is 0.240 e. The van der Waals surface area contributed by atoms with E-state index >= 15 is 0 Å². The van der Waals surface area contributed by atoms with Gasteiger partial charge in [-0.05, 0) is 19.0 Å². The van der Waals surface area contributed by atoms with Crippen LogP contribution in [-0.2, 0) is 11.3 Å². The van der Waals surface area contributed by atoms with Crippen LogP contribution in [0.25, 0.3) is 0 Å². The zero-order valence-corrected chi connectivity index (χ0v) is 11.8. The zero-order chi connectivity index (χ0) is 14.4. The first-order valence-electron chi connectivity index (χ1n) is 6.67. The Kier molecular flexibility index (Phi) is 4.90. The second kappa shape index (κ2) is 6.86. The quantitative estimate of drug-likeness (QED) is 0.878. The third-order valence-corrected chi connectivity index (χ3v) is 2.95. The Balaban J connectivity index is 1.88. The van der Waals surface area contributed by atoms with Gasteiger partial charge in [0.1, 0.15) is 0 Å². The molecule has 2 aromatic rings. The van der Waals surface area contributed by atoms with Gasteiger partial charge in [-0.3, -0.25) is 15.0 Å². The topological polar surface area (TPSA) is 58.4 Å². The molecule has 1 aromatic carbocycles. The minimum Gasteiger partial charge on any atom is -0.338 e. The molecule has 20 heavy (non-hydrogen) atoms. The van der Waals surface area contributed by atoms with Gasteiger partial charge < -0.3 is 4.52 Å². The van der Waals surface area contributed by atoms with E-state index in [0.717, 1.165) is 18.8 Å². The molecule has 0 bridgehead atoms. The SMILES string of the molecule is CCN(CC(=O)Nc1cc(C)no1)Cc1ccccc1. The largest absolute Gasteiger partial charge is 0.338 e. The molecule has 0 atom stereocenters. The fourth-order valence-corrected chi connectivity index (χ4v) is 1.92. The van der Waals surface area contributed by atoms with Gasteiger partial charge in [0.25, 0.3) is 0 Å². The molecule has 5 heteroatoms. The molecule has 1 heterocycles. The highest BCUT2D eigenvalue weighted by Crippen LogP contribution is 2.09. The summed E-state index contributed by atoms with van der Waals surface area (Å²) in [4.78, 5) is 14.0. The number of aromatic nitrogens is 1. The highest BCUT2D eigenvalue weighted by Gasteiger charge is 2.11. The highest BCUT2D eigenvalue weighted by atomic mass is 16.5. The fourth-order valence-electron chi connectivity index (χ4n) is 1.92. The first-order valence-corrected chi connectivity index (χ1v) is 6.67. The maximum absolute atomic E-state index is 11.9. The number of rotatable bonds is 6. The van der Waals surface area contributed by atoms with E-state index in [-0.39, 0.29) is 5.91 Å². The second-order valence-electron chi connectivity index (χ2n) is 4.67. The summed E-state index contributed by atoms with van der Waals surface area (Å²) in [7, 11) is 0. The summed E-state index contributed by atoms with van der Waals surface area (Å²) in [6.45, 7) is 5.73. The molecule has 106 valence electrons. The molecule has 0 aliphatic rings. The molecule has 1 N–H and O–H groups in total. The number of amides is 1. The van der Waals surface area contributed by atoms with Gasteiger partial charge in [0, 0.05) is 12.6 Å². The van der Waals surface area contributed by atoms with Crippen molar-refractivity contribution in [1.29, 1.82) is 0 Å². The van der Waals surface area contributed by atoms with Crippen molar-refractivity contribution >= 4 is 11.8 Å². The summed E-state index contributed by atoms with van der Waals surface area (Å²) in [5.41, 5.74) is 1.94. The molecule has 0 saturated heterocycles. The minimum atomic E-state index is -0.0982. The van der Waals surface area contributed by atoms with Gasteiger partial charge in [-0.15, -0.1) is 0 Å². The van der Waals surface area contributed by atoms with E-state index in [1.54, 1.807) is 6.07 Å². The summed E-state index contributed by atoms with van der Waals surface area (Å²) < 4.78 is 4.97. The Morgan fingerprint density at radius 3 is 2.70 bits per heavy atom. The molecule has 0 aliphatic carbocycles. The van der Waals surface area contributed by atoms with Crippen molar-refractivity contribution in [3.63, 3.8) is 0 Å². The Labute approximate surface area is 118 Å². The van der Waals surface area contributed by atoms with Gasteiger partial charge in [0.15, 0.2) is 0 Å². The molecule has 2 rings (SSSR count).